The molecule has 0 spiro atoms. The molecule has 1 aromatic heterocycles. The highest BCUT2D eigenvalue weighted by atomic mass is 79.9. The van der Waals surface area contributed by atoms with Gasteiger partial charge in [-0.25, -0.2) is 9.07 Å². The van der Waals surface area contributed by atoms with Gasteiger partial charge in [0, 0.05) is 17.6 Å². The summed E-state index contributed by atoms with van der Waals surface area (Å²) in [6, 6.07) is 6.78. The number of nitrogens with one attached hydrogen (secondary N) is 1. The number of hydrogen-bond donors (Lipinski definition) is 1. The van der Waals surface area contributed by atoms with E-state index in [1.165, 1.54) is 31.3 Å². The number of benzene rings is 1. The van der Waals surface area contributed by atoms with Crippen LogP contribution in [0, 0.1) is 5.82 Å². The molecule has 1 aromatic carbocycles. The highest BCUT2D eigenvalue weighted by molar-refractivity contribution is 9.10. The number of hydrogen-bond acceptors (Lipinski definition) is 3. The van der Waals surface area contributed by atoms with Crippen LogP contribution in [0.15, 0.2) is 39.6 Å². The number of rotatable bonds is 2. The molecule has 1 heterocycles. The lowest BCUT2D eigenvalue weighted by Crippen LogP contribution is -2.23. The van der Waals surface area contributed by atoms with E-state index < -0.39 is 11.7 Å². The molecule has 19 heavy (non-hydrogen) atoms. The van der Waals surface area contributed by atoms with Gasteiger partial charge in [-0.1, -0.05) is 15.9 Å². The lowest BCUT2D eigenvalue weighted by atomic mass is 10.3. The number of aromatic nitrogens is 2. The van der Waals surface area contributed by atoms with E-state index in [-0.39, 0.29) is 16.9 Å². The molecule has 0 fully saturated rings. The van der Waals surface area contributed by atoms with Crippen LogP contribution in [0.25, 0.3) is 0 Å². The second-order valence-corrected chi connectivity index (χ2v) is 4.67. The first-order valence-electron chi connectivity index (χ1n) is 5.28. The van der Waals surface area contributed by atoms with Crippen molar-refractivity contribution in [2.75, 3.05) is 5.32 Å². The van der Waals surface area contributed by atoms with Crippen molar-refractivity contribution in [1.82, 2.24) is 9.78 Å². The van der Waals surface area contributed by atoms with E-state index in [2.05, 4.69) is 26.3 Å². The molecular formula is C12H9BrFN3O2. The summed E-state index contributed by atoms with van der Waals surface area (Å²) < 4.78 is 15.2. The van der Waals surface area contributed by atoms with Gasteiger partial charge in [-0.2, -0.15) is 5.10 Å². The van der Waals surface area contributed by atoms with Crippen LogP contribution in [0.1, 0.15) is 10.5 Å². The van der Waals surface area contributed by atoms with Gasteiger partial charge in [0.15, 0.2) is 0 Å². The van der Waals surface area contributed by atoms with Gasteiger partial charge in [-0.15, -0.1) is 0 Å². The number of amides is 1. The van der Waals surface area contributed by atoms with Gasteiger partial charge >= 0.3 is 0 Å². The van der Waals surface area contributed by atoms with Gasteiger partial charge in [0.2, 0.25) is 0 Å². The van der Waals surface area contributed by atoms with Crippen molar-refractivity contribution in [3.63, 3.8) is 0 Å². The maximum atomic E-state index is 13.5. The summed E-state index contributed by atoms with van der Waals surface area (Å²) in [6.45, 7) is 0. The minimum atomic E-state index is -0.586. The van der Waals surface area contributed by atoms with Crippen molar-refractivity contribution in [2.45, 2.75) is 0 Å². The number of carbonyl (C=O) groups excluding carboxylic acids is 1. The lowest BCUT2D eigenvalue weighted by Gasteiger charge is -2.06. The summed E-state index contributed by atoms with van der Waals surface area (Å²) >= 11 is 3.12. The molecule has 0 radical (unpaired) electrons. The van der Waals surface area contributed by atoms with E-state index in [1.54, 1.807) is 6.07 Å². The molecular weight excluding hydrogens is 317 g/mol. The first-order valence-corrected chi connectivity index (χ1v) is 6.07. The zero-order valence-electron chi connectivity index (χ0n) is 9.85. The van der Waals surface area contributed by atoms with Crippen LogP contribution in [0.5, 0.6) is 0 Å². The Labute approximate surface area is 116 Å². The molecule has 0 unspecified atom stereocenters. The maximum absolute atomic E-state index is 13.5. The van der Waals surface area contributed by atoms with E-state index in [0.717, 1.165) is 4.68 Å². The van der Waals surface area contributed by atoms with Gasteiger partial charge in [0.1, 0.15) is 11.5 Å². The third kappa shape index (κ3) is 3.05. The Morgan fingerprint density at radius 3 is 2.74 bits per heavy atom. The fourth-order valence-electron chi connectivity index (χ4n) is 1.40. The normalized spacial score (nSPS) is 10.3. The SMILES string of the molecule is Cn1nc(C(=O)Nc2ccc(Br)cc2F)ccc1=O. The van der Waals surface area contributed by atoms with Crippen molar-refractivity contribution >= 4 is 27.5 Å². The Bertz CT molecular complexity index is 700. The van der Waals surface area contributed by atoms with Crippen LogP contribution < -0.4 is 10.9 Å². The molecule has 0 bridgehead atoms. The number of nitrogens with zero attached hydrogens (tertiary/aromatic N) is 2. The Hall–Kier alpha value is -2.02. The molecule has 0 saturated heterocycles. The highest BCUT2D eigenvalue weighted by Gasteiger charge is 2.11. The molecule has 0 aliphatic heterocycles. The molecule has 1 N–H and O–H groups in total. The topological polar surface area (TPSA) is 64.0 Å². The van der Waals surface area contributed by atoms with Crippen molar-refractivity contribution in [3.05, 3.63) is 56.7 Å². The molecule has 0 aliphatic rings. The fourth-order valence-corrected chi connectivity index (χ4v) is 1.73. The van der Waals surface area contributed by atoms with E-state index >= 15 is 0 Å². The van der Waals surface area contributed by atoms with Crippen LogP contribution >= 0.6 is 15.9 Å². The molecule has 98 valence electrons. The monoisotopic (exact) mass is 325 g/mol. The van der Waals surface area contributed by atoms with Crippen molar-refractivity contribution < 1.29 is 9.18 Å². The third-order valence-corrected chi connectivity index (χ3v) is 2.87. The third-order valence-electron chi connectivity index (χ3n) is 2.37. The zero-order valence-corrected chi connectivity index (χ0v) is 11.4. The Kier molecular flexibility index (Phi) is 3.75. The molecule has 1 amide bonds. The average molecular weight is 326 g/mol. The molecule has 2 aromatic rings. The summed E-state index contributed by atoms with van der Waals surface area (Å²) in [5.74, 6) is -1.15. The largest absolute Gasteiger partial charge is 0.318 e. The summed E-state index contributed by atoms with van der Waals surface area (Å²) in [5.41, 5.74) is -0.250. The molecule has 7 heteroatoms. The van der Waals surface area contributed by atoms with Gasteiger partial charge in [-0.05, 0) is 24.3 Å². The summed E-state index contributed by atoms with van der Waals surface area (Å²) in [5, 5.41) is 6.16. The second kappa shape index (κ2) is 5.31. The van der Waals surface area contributed by atoms with E-state index in [9.17, 15) is 14.0 Å². The fraction of sp³-hybridized carbons (Fsp3) is 0.0833. The minimum absolute atomic E-state index is 0.0319. The Morgan fingerprint density at radius 1 is 1.37 bits per heavy atom. The first kappa shape index (κ1) is 13.4. The molecule has 0 saturated carbocycles. The van der Waals surface area contributed by atoms with Gasteiger partial charge in [0.05, 0.1) is 5.69 Å². The van der Waals surface area contributed by atoms with E-state index in [0.29, 0.717) is 4.47 Å². The van der Waals surface area contributed by atoms with Crippen LogP contribution in [-0.4, -0.2) is 15.7 Å². The predicted molar refractivity (Wildman–Crippen MR) is 71.5 cm³/mol. The average Bonchev–Trinajstić information content (AvgIpc) is 2.36. The van der Waals surface area contributed by atoms with Gasteiger partial charge in [-0.3, -0.25) is 9.59 Å². The number of carbonyl (C=O) groups is 1. The van der Waals surface area contributed by atoms with Crippen LogP contribution in [-0.2, 0) is 7.05 Å². The minimum Gasteiger partial charge on any atom is -0.318 e. The van der Waals surface area contributed by atoms with Crippen molar-refractivity contribution in [1.29, 1.82) is 0 Å². The van der Waals surface area contributed by atoms with Crippen molar-refractivity contribution in [3.8, 4) is 0 Å². The lowest BCUT2D eigenvalue weighted by molar-refractivity contribution is 0.101. The number of halogens is 2. The molecule has 5 nitrogen and oxygen atoms in total. The van der Waals surface area contributed by atoms with Gasteiger partial charge in [0.25, 0.3) is 11.5 Å². The smallest absolute Gasteiger partial charge is 0.276 e. The van der Waals surface area contributed by atoms with Crippen LogP contribution in [0.2, 0.25) is 0 Å². The number of aryl methyl sites for hydroxylation is 1. The van der Waals surface area contributed by atoms with Crippen LogP contribution in [0.4, 0.5) is 10.1 Å². The summed E-state index contributed by atoms with van der Waals surface area (Å²) in [7, 11) is 1.43. The first-order chi connectivity index (χ1) is 8.97. The zero-order chi connectivity index (χ0) is 14.0. The maximum Gasteiger partial charge on any atom is 0.276 e. The second-order valence-electron chi connectivity index (χ2n) is 3.76. The van der Waals surface area contributed by atoms with Gasteiger partial charge < -0.3 is 5.32 Å². The van der Waals surface area contributed by atoms with Crippen LogP contribution in [0.3, 0.4) is 0 Å². The highest BCUT2D eigenvalue weighted by Crippen LogP contribution is 2.19. The summed E-state index contributed by atoms with van der Waals surface area (Å²) in [4.78, 5) is 23.0. The Morgan fingerprint density at radius 2 is 2.11 bits per heavy atom. The molecule has 0 atom stereocenters. The van der Waals surface area contributed by atoms with Crippen molar-refractivity contribution in [2.24, 2.45) is 7.05 Å². The molecule has 0 aliphatic carbocycles. The number of anilines is 1. The molecule has 2 rings (SSSR count). The quantitative estimate of drug-likeness (QED) is 0.917. The standard InChI is InChI=1S/C12H9BrFN3O2/c1-17-11(18)5-4-10(16-17)12(19)15-9-3-2-7(13)6-8(9)14/h2-6H,1H3,(H,15,19). The van der Waals surface area contributed by atoms with E-state index in [4.69, 9.17) is 0 Å². The summed E-state index contributed by atoms with van der Waals surface area (Å²) in [6.07, 6.45) is 0. The van der Waals surface area contributed by atoms with E-state index in [1.807, 2.05) is 0 Å². The predicted octanol–water partition coefficient (Wildman–Crippen LogP) is 1.93. The Balaban J connectivity index is 2.25.